The van der Waals surface area contributed by atoms with E-state index in [1.165, 1.54) is 11.8 Å². The Kier molecular flexibility index (Phi) is 9.57. The third-order valence-corrected chi connectivity index (χ3v) is 8.34. The van der Waals surface area contributed by atoms with Gasteiger partial charge in [0.05, 0.1) is 16.8 Å². The molecule has 0 saturated heterocycles. The van der Waals surface area contributed by atoms with Crippen molar-refractivity contribution in [3.05, 3.63) is 125 Å². The number of nitrogens with one attached hydrogen (secondary N) is 1. The predicted molar refractivity (Wildman–Crippen MR) is 164 cm³/mol. The van der Waals surface area contributed by atoms with Crippen molar-refractivity contribution in [2.24, 2.45) is 5.10 Å². The second-order valence-electron chi connectivity index (χ2n) is 10.2. The molecule has 1 N–H and O–H groups in total. The lowest BCUT2D eigenvalue weighted by Crippen LogP contribution is -2.39. The molecule has 4 aromatic carbocycles. The van der Waals surface area contributed by atoms with Gasteiger partial charge in [-0.15, -0.1) is 0 Å². The highest BCUT2D eigenvalue weighted by molar-refractivity contribution is 7.92. The number of ether oxygens (including phenoxy) is 1. The monoisotopic (exact) mass is 569 g/mol. The molecule has 41 heavy (non-hydrogen) atoms. The minimum Gasteiger partial charge on any atom is -0.489 e. The number of hydrogen-bond donors (Lipinski definition) is 1. The summed E-state index contributed by atoms with van der Waals surface area (Å²) in [6.07, 6.45) is 1.50. The van der Waals surface area contributed by atoms with Crippen LogP contribution in [0.15, 0.2) is 107 Å². The molecule has 4 aromatic rings. The van der Waals surface area contributed by atoms with E-state index < -0.39 is 22.5 Å². The number of hydrogen-bond acceptors (Lipinski definition) is 5. The van der Waals surface area contributed by atoms with Crippen LogP contribution in [0.1, 0.15) is 47.6 Å². The van der Waals surface area contributed by atoms with E-state index in [1.54, 1.807) is 36.4 Å². The third-order valence-electron chi connectivity index (χ3n) is 6.55. The molecule has 0 aliphatic rings. The second kappa shape index (κ2) is 13.3. The summed E-state index contributed by atoms with van der Waals surface area (Å²) in [6, 6.07) is 29.2. The highest BCUT2D eigenvalue weighted by Gasteiger charge is 2.27. The Morgan fingerprint density at radius 2 is 1.44 bits per heavy atom. The second-order valence-corrected chi connectivity index (χ2v) is 12.1. The average Bonchev–Trinajstić information content (AvgIpc) is 2.96. The zero-order valence-electron chi connectivity index (χ0n) is 23.7. The van der Waals surface area contributed by atoms with Gasteiger partial charge in [-0.05, 0) is 85.0 Å². The summed E-state index contributed by atoms with van der Waals surface area (Å²) in [5, 5.41) is 4.04. The van der Waals surface area contributed by atoms with Crippen LogP contribution >= 0.6 is 0 Å². The topological polar surface area (TPSA) is 88.1 Å². The molecule has 4 rings (SSSR count). The Bertz CT molecular complexity index is 1580. The molecule has 0 fully saturated rings. The number of carbonyl (C=O) groups excluding carboxylic acids is 1. The fourth-order valence-corrected chi connectivity index (χ4v) is 5.44. The molecule has 0 spiro atoms. The van der Waals surface area contributed by atoms with Crippen molar-refractivity contribution in [3.8, 4) is 5.75 Å². The van der Waals surface area contributed by atoms with E-state index in [2.05, 4.69) is 24.4 Å². The molecule has 0 atom stereocenters. The molecule has 212 valence electrons. The highest BCUT2D eigenvalue weighted by atomic mass is 32.2. The van der Waals surface area contributed by atoms with Crippen LogP contribution in [0, 0.1) is 13.8 Å². The molecule has 0 radical (unpaired) electrons. The van der Waals surface area contributed by atoms with Crippen LogP contribution in [-0.2, 0) is 21.4 Å². The van der Waals surface area contributed by atoms with Gasteiger partial charge in [0, 0.05) is 0 Å². The summed E-state index contributed by atoms with van der Waals surface area (Å²) < 4.78 is 34.1. The SMILES string of the molecule is Cc1ccc(COc2ccc(/C=N\NC(=O)CN(c3ccc(C(C)C)cc3)S(=O)(=O)c3ccc(C)cc3)cc2)cc1. The van der Waals surface area contributed by atoms with Crippen molar-refractivity contribution in [3.63, 3.8) is 0 Å². The Hall–Kier alpha value is -4.43. The Balaban J connectivity index is 1.42. The number of hydrazone groups is 1. The van der Waals surface area contributed by atoms with Gasteiger partial charge in [0.25, 0.3) is 15.9 Å². The van der Waals surface area contributed by atoms with Crippen LogP contribution in [0.25, 0.3) is 0 Å². The maximum Gasteiger partial charge on any atom is 0.264 e. The lowest BCUT2D eigenvalue weighted by Gasteiger charge is -2.24. The minimum absolute atomic E-state index is 0.108. The summed E-state index contributed by atoms with van der Waals surface area (Å²) in [5.41, 5.74) is 7.89. The fourth-order valence-electron chi connectivity index (χ4n) is 4.02. The van der Waals surface area contributed by atoms with Crippen molar-refractivity contribution >= 4 is 27.8 Å². The maximum absolute atomic E-state index is 13.6. The van der Waals surface area contributed by atoms with Crippen LogP contribution in [0.5, 0.6) is 5.75 Å². The van der Waals surface area contributed by atoms with Crippen molar-refractivity contribution in [1.82, 2.24) is 5.43 Å². The van der Waals surface area contributed by atoms with Crippen LogP contribution in [-0.4, -0.2) is 27.1 Å². The van der Waals surface area contributed by atoms with Gasteiger partial charge in [0.2, 0.25) is 0 Å². The van der Waals surface area contributed by atoms with Crippen molar-refractivity contribution in [1.29, 1.82) is 0 Å². The molecule has 8 heteroatoms. The molecular formula is C33H35N3O4S. The molecular weight excluding hydrogens is 534 g/mol. The molecule has 0 unspecified atom stereocenters. The number of amides is 1. The van der Waals surface area contributed by atoms with Gasteiger partial charge >= 0.3 is 0 Å². The molecule has 0 bridgehead atoms. The van der Waals surface area contributed by atoms with Crippen LogP contribution in [0.4, 0.5) is 5.69 Å². The maximum atomic E-state index is 13.6. The van der Waals surface area contributed by atoms with Gasteiger partial charge in [0.15, 0.2) is 0 Å². The Morgan fingerprint density at radius 1 is 0.854 bits per heavy atom. The van der Waals surface area contributed by atoms with Crippen LogP contribution in [0.3, 0.4) is 0 Å². The quantitative estimate of drug-likeness (QED) is 0.168. The van der Waals surface area contributed by atoms with E-state index in [0.29, 0.717) is 18.0 Å². The molecule has 1 amide bonds. The molecule has 0 saturated carbocycles. The molecule has 7 nitrogen and oxygen atoms in total. The molecule has 0 aliphatic carbocycles. The van der Waals surface area contributed by atoms with E-state index in [9.17, 15) is 13.2 Å². The van der Waals surface area contributed by atoms with Gasteiger partial charge in [0.1, 0.15) is 18.9 Å². The van der Waals surface area contributed by atoms with E-state index in [4.69, 9.17) is 4.74 Å². The number of carbonyl (C=O) groups is 1. The summed E-state index contributed by atoms with van der Waals surface area (Å²) in [6.45, 7) is 8.09. The Labute approximate surface area is 242 Å². The van der Waals surface area contributed by atoms with Crippen LogP contribution in [0.2, 0.25) is 0 Å². The predicted octanol–water partition coefficient (Wildman–Crippen LogP) is 6.35. The summed E-state index contributed by atoms with van der Waals surface area (Å²) in [5.74, 6) is 0.438. The lowest BCUT2D eigenvalue weighted by atomic mass is 10.0. The first-order valence-electron chi connectivity index (χ1n) is 13.4. The standard InChI is InChI=1S/C33H35N3O4S/c1-24(2)29-13-15-30(16-14-29)36(41(38,39)32-19-7-26(4)8-20-32)22-33(37)35-34-21-27-11-17-31(18-12-27)40-23-28-9-5-25(3)6-10-28/h5-21,24H,22-23H2,1-4H3,(H,35,37)/b34-21-. The Morgan fingerprint density at radius 3 is 2.02 bits per heavy atom. The molecule has 0 aromatic heterocycles. The van der Waals surface area contributed by atoms with Gasteiger partial charge in [-0.3, -0.25) is 9.10 Å². The summed E-state index contributed by atoms with van der Waals surface area (Å²) in [4.78, 5) is 13.0. The largest absolute Gasteiger partial charge is 0.489 e. The zero-order chi connectivity index (χ0) is 29.4. The number of anilines is 1. The van der Waals surface area contributed by atoms with Crippen molar-refractivity contribution in [2.45, 2.75) is 45.1 Å². The lowest BCUT2D eigenvalue weighted by molar-refractivity contribution is -0.119. The summed E-state index contributed by atoms with van der Waals surface area (Å²) in [7, 11) is -4.00. The van der Waals surface area contributed by atoms with Crippen molar-refractivity contribution in [2.75, 3.05) is 10.8 Å². The number of nitrogens with zero attached hydrogens (tertiary/aromatic N) is 2. The van der Waals surface area contributed by atoms with E-state index >= 15 is 0 Å². The number of rotatable bonds is 11. The smallest absolute Gasteiger partial charge is 0.264 e. The van der Waals surface area contributed by atoms with Gasteiger partial charge in [-0.25, -0.2) is 13.8 Å². The van der Waals surface area contributed by atoms with Crippen LogP contribution < -0.4 is 14.5 Å². The molecule has 0 aliphatic heterocycles. The number of aryl methyl sites for hydroxylation is 2. The van der Waals surface area contributed by atoms with Crippen molar-refractivity contribution < 1.29 is 17.9 Å². The fraction of sp³-hybridized carbons (Fsp3) is 0.212. The third kappa shape index (κ3) is 8.05. The van der Waals surface area contributed by atoms with E-state index in [-0.39, 0.29) is 10.8 Å². The average molecular weight is 570 g/mol. The summed E-state index contributed by atoms with van der Waals surface area (Å²) >= 11 is 0. The normalized spacial score (nSPS) is 11.5. The van der Waals surface area contributed by atoms with Gasteiger partial charge < -0.3 is 4.74 Å². The zero-order valence-corrected chi connectivity index (χ0v) is 24.6. The first-order chi connectivity index (χ1) is 19.6. The van der Waals surface area contributed by atoms with Gasteiger partial charge in [-0.1, -0.05) is 73.5 Å². The number of sulfonamides is 1. The molecule has 0 heterocycles. The highest BCUT2D eigenvalue weighted by Crippen LogP contribution is 2.26. The van der Waals surface area contributed by atoms with E-state index in [0.717, 1.165) is 26.6 Å². The minimum atomic E-state index is -4.00. The number of benzene rings is 4. The van der Waals surface area contributed by atoms with E-state index in [1.807, 2.05) is 74.5 Å². The first kappa shape index (κ1) is 29.6. The first-order valence-corrected chi connectivity index (χ1v) is 14.9. The van der Waals surface area contributed by atoms with Gasteiger partial charge in [-0.2, -0.15) is 5.10 Å².